The molecule has 1 rings (SSSR count). The van der Waals surface area contributed by atoms with Gasteiger partial charge in [-0.05, 0) is 11.4 Å². The highest BCUT2D eigenvalue weighted by atomic mass is 32.2. The van der Waals surface area contributed by atoms with E-state index in [4.69, 9.17) is 0 Å². The van der Waals surface area contributed by atoms with Crippen molar-refractivity contribution in [1.82, 2.24) is 0 Å². The maximum absolute atomic E-state index is 11.0. The Morgan fingerprint density at radius 1 is 1.73 bits per heavy atom. The first-order chi connectivity index (χ1) is 5.20. The van der Waals surface area contributed by atoms with Crippen LogP contribution >= 0.6 is 11.3 Å². The van der Waals surface area contributed by atoms with Crippen molar-refractivity contribution in [2.24, 2.45) is 0 Å². The van der Waals surface area contributed by atoms with Crippen molar-refractivity contribution >= 4 is 28.4 Å². The van der Waals surface area contributed by atoms with Crippen molar-refractivity contribution in [2.45, 2.75) is 11.1 Å². The fourth-order valence-electron chi connectivity index (χ4n) is 0.506. The minimum Gasteiger partial charge on any atom is -0.360 e. The molecule has 1 aromatic heterocycles. The lowest BCUT2D eigenvalue weighted by Gasteiger charge is -1.94. The van der Waals surface area contributed by atoms with Crippen LogP contribution in [-0.4, -0.2) is 10.2 Å². The molecular weight excluding hydrogens is 184 g/mol. The SMILES string of the molecule is CC(=O)OS(=O)c1cccs1. The summed E-state index contributed by atoms with van der Waals surface area (Å²) in [6, 6.07) is 3.41. The second-order valence-corrected chi connectivity index (χ2v) is 4.02. The van der Waals surface area contributed by atoms with E-state index in [1.165, 1.54) is 18.3 Å². The summed E-state index contributed by atoms with van der Waals surface area (Å²) in [6.45, 7) is 1.23. The number of carbonyl (C=O) groups excluding carboxylic acids is 1. The number of hydrogen-bond acceptors (Lipinski definition) is 4. The van der Waals surface area contributed by atoms with Crippen LogP contribution in [0, 0.1) is 0 Å². The van der Waals surface area contributed by atoms with Gasteiger partial charge in [-0.15, -0.1) is 11.3 Å². The zero-order valence-corrected chi connectivity index (χ0v) is 7.41. The van der Waals surface area contributed by atoms with Crippen molar-refractivity contribution in [3.05, 3.63) is 17.5 Å². The van der Waals surface area contributed by atoms with Crippen molar-refractivity contribution in [2.75, 3.05) is 0 Å². The van der Waals surface area contributed by atoms with E-state index in [2.05, 4.69) is 4.18 Å². The van der Waals surface area contributed by atoms with Crippen LogP contribution in [0.4, 0.5) is 0 Å². The molecule has 0 bridgehead atoms. The lowest BCUT2D eigenvalue weighted by Crippen LogP contribution is -2.01. The van der Waals surface area contributed by atoms with Crippen molar-refractivity contribution in [3.63, 3.8) is 0 Å². The molecule has 1 atom stereocenters. The van der Waals surface area contributed by atoms with Gasteiger partial charge in [0.2, 0.25) is 0 Å². The first-order valence-corrected chi connectivity index (χ1v) is 4.80. The summed E-state index contributed by atoms with van der Waals surface area (Å²) in [5, 5.41) is 1.77. The van der Waals surface area contributed by atoms with E-state index in [0.717, 1.165) is 0 Å². The van der Waals surface area contributed by atoms with Crippen LogP contribution in [-0.2, 0) is 20.1 Å². The second-order valence-electron chi connectivity index (χ2n) is 1.74. The third-order valence-corrected chi connectivity index (χ3v) is 3.06. The van der Waals surface area contributed by atoms with Gasteiger partial charge in [0.05, 0.1) is 0 Å². The molecule has 1 aromatic rings. The molecule has 0 radical (unpaired) electrons. The summed E-state index contributed by atoms with van der Waals surface area (Å²) in [7, 11) is 0. The predicted octanol–water partition coefficient (Wildman–Crippen LogP) is 1.33. The Kier molecular flexibility index (Phi) is 2.78. The fraction of sp³-hybridized carbons (Fsp3) is 0.167. The van der Waals surface area contributed by atoms with E-state index in [-0.39, 0.29) is 0 Å². The molecule has 60 valence electrons. The van der Waals surface area contributed by atoms with Gasteiger partial charge in [-0.2, -0.15) is 0 Å². The Labute approximate surface area is 70.7 Å². The van der Waals surface area contributed by atoms with Gasteiger partial charge < -0.3 is 4.18 Å². The smallest absolute Gasteiger partial charge is 0.317 e. The van der Waals surface area contributed by atoms with E-state index >= 15 is 0 Å². The van der Waals surface area contributed by atoms with Gasteiger partial charge in [-0.25, -0.2) is 4.21 Å². The molecule has 1 heterocycles. The Morgan fingerprint density at radius 2 is 2.45 bits per heavy atom. The van der Waals surface area contributed by atoms with Gasteiger partial charge in [0, 0.05) is 6.92 Å². The zero-order chi connectivity index (χ0) is 8.27. The molecule has 0 aliphatic carbocycles. The van der Waals surface area contributed by atoms with E-state index < -0.39 is 17.0 Å². The average Bonchev–Trinajstić information content (AvgIpc) is 2.35. The number of rotatable bonds is 2. The van der Waals surface area contributed by atoms with Crippen molar-refractivity contribution in [3.8, 4) is 0 Å². The summed E-state index contributed by atoms with van der Waals surface area (Å²) >= 11 is -0.318. The van der Waals surface area contributed by atoms with Crippen LogP contribution in [0.2, 0.25) is 0 Å². The van der Waals surface area contributed by atoms with Crippen LogP contribution in [0.3, 0.4) is 0 Å². The molecule has 0 aliphatic rings. The Hall–Kier alpha value is -0.680. The minimum atomic E-state index is -1.61. The summed E-state index contributed by atoms with van der Waals surface area (Å²) < 4.78 is 16.0. The monoisotopic (exact) mass is 190 g/mol. The van der Waals surface area contributed by atoms with Gasteiger partial charge in [0.15, 0.2) is 0 Å². The molecular formula is C6H6O3S2. The van der Waals surface area contributed by atoms with Crippen molar-refractivity contribution in [1.29, 1.82) is 0 Å². The quantitative estimate of drug-likeness (QED) is 0.706. The highest BCUT2D eigenvalue weighted by Crippen LogP contribution is 2.14. The summed E-state index contributed by atoms with van der Waals surface area (Å²) in [5.41, 5.74) is 0. The third-order valence-electron chi connectivity index (χ3n) is 0.852. The van der Waals surface area contributed by atoms with Crippen LogP contribution in [0.1, 0.15) is 6.92 Å². The lowest BCUT2D eigenvalue weighted by atomic mass is 10.7. The first kappa shape index (κ1) is 8.42. The number of hydrogen-bond donors (Lipinski definition) is 0. The Morgan fingerprint density at radius 3 is 2.91 bits per heavy atom. The zero-order valence-electron chi connectivity index (χ0n) is 5.77. The second kappa shape index (κ2) is 3.64. The van der Waals surface area contributed by atoms with Gasteiger partial charge in [0.1, 0.15) is 4.21 Å². The third kappa shape index (κ3) is 2.44. The molecule has 5 heteroatoms. The van der Waals surface area contributed by atoms with E-state index in [1.807, 2.05) is 0 Å². The first-order valence-electron chi connectivity index (χ1n) is 2.84. The molecule has 0 N–H and O–H groups in total. The molecule has 0 spiro atoms. The van der Waals surface area contributed by atoms with Gasteiger partial charge in [0.25, 0.3) is 11.1 Å². The highest BCUT2D eigenvalue weighted by molar-refractivity contribution is 7.83. The summed E-state index contributed by atoms with van der Waals surface area (Å²) in [6.07, 6.45) is 0. The topological polar surface area (TPSA) is 43.4 Å². The van der Waals surface area contributed by atoms with Crippen LogP contribution in [0.15, 0.2) is 21.7 Å². The average molecular weight is 190 g/mol. The van der Waals surface area contributed by atoms with Gasteiger partial charge in [-0.3, -0.25) is 4.79 Å². The largest absolute Gasteiger partial charge is 0.360 e. The summed E-state index contributed by atoms with van der Waals surface area (Å²) in [5.74, 6) is -0.531. The van der Waals surface area contributed by atoms with Gasteiger partial charge >= 0.3 is 5.97 Å². The standard InChI is InChI=1S/C6H6O3S2/c1-5(7)9-11(8)6-3-2-4-10-6/h2-4H,1H3. The van der Waals surface area contributed by atoms with E-state index in [9.17, 15) is 9.00 Å². The predicted molar refractivity (Wildman–Crippen MR) is 42.5 cm³/mol. The van der Waals surface area contributed by atoms with E-state index in [1.54, 1.807) is 17.5 Å². The molecule has 11 heavy (non-hydrogen) atoms. The lowest BCUT2D eigenvalue weighted by molar-refractivity contribution is -0.130. The van der Waals surface area contributed by atoms with Crippen LogP contribution in [0.25, 0.3) is 0 Å². The Balaban J connectivity index is 2.64. The molecule has 0 amide bonds. The number of carbonyl (C=O) groups is 1. The van der Waals surface area contributed by atoms with Crippen LogP contribution < -0.4 is 0 Å². The fourth-order valence-corrected chi connectivity index (χ4v) is 2.02. The molecule has 0 saturated carbocycles. The molecule has 0 fully saturated rings. The summed E-state index contributed by atoms with van der Waals surface area (Å²) in [4.78, 5) is 10.3. The minimum absolute atomic E-state index is 0.531. The molecule has 0 aliphatic heterocycles. The van der Waals surface area contributed by atoms with Gasteiger partial charge in [-0.1, -0.05) is 6.07 Å². The van der Waals surface area contributed by atoms with Crippen LogP contribution in [0.5, 0.6) is 0 Å². The number of thiophene rings is 1. The molecule has 3 nitrogen and oxygen atoms in total. The molecule has 0 saturated heterocycles. The highest BCUT2D eigenvalue weighted by Gasteiger charge is 2.07. The van der Waals surface area contributed by atoms with E-state index in [0.29, 0.717) is 4.21 Å². The maximum atomic E-state index is 11.0. The molecule has 0 aromatic carbocycles. The Bertz CT molecular complexity index is 265. The van der Waals surface area contributed by atoms with Crippen molar-refractivity contribution < 1.29 is 13.2 Å². The maximum Gasteiger partial charge on any atom is 0.317 e. The normalized spacial score (nSPS) is 12.5. The molecule has 1 unspecified atom stereocenters.